The van der Waals surface area contributed by atoms with Gasteiger partial charge in [0.1, 0.15) is 17.9 Å². The molecule has 0 amide bonds. The van der Waals surface area contributed by atoms with Crippen molar-refractivity contribution in [1.29, 1.82) is 0 Å². The molecule has 0 unspecified atom stereocenters. The minimum Gasteiger partial charge on any atom is -0.486 e. The van der Waals surface area contributed by atoms with Crippen LogP contribution in [0.25, 0.3) is 0 Å². The van der Waals surface area contributed by atoms with Crippen LogP contribution in [0.4, 0.5) is 17.6 Å². The van der Waals surface area contributed by atoms with E-state index in [1.807, 2.05) is 0 Å². The van der Waals surface area contributed by atoms with Gasteiger partial charge < -0.3 is 14.6 Å². The van der Waals surface area contributed by atoms with Gasteiger partial charge in [0, 0.05) is 7.11 Å². The summed E-state index contributed by atoms with van der Waals surface area (Å²) in [7, 11) is 0.866. The molecule has 0 bridgehead atoms. The smallest absolute Gasteiger partial charge is 0.345 e. The summed E-state index contributed by atoms with van der Waals surface area (Å²) in [4.78, 5) is 10.8. The second-order valence-corrected chi connectivity index (χ2v) is 3.93. The fourth-order valence-electron chi connectivity index (χ4n) is 1.33. The van der Waals surface area contributed by atoms with E-state index in [1.54, 1.807) is 0 Å². The van der Waals surface area contributed by atoms with Crippen LogP contribution in [0.15, 0.2) is 24.3 Å². The second-order valence-electron chi connectivity index (χ2n) is 3.93. The summed E-state index contributed by atoms with van der Waals surface area (Å²) in [5, 5.41) is 8.80. The number of benzene rings is 1. The van der Waals surface area contributed by atoms with E-state index in [-0.39, 0.29) is 0 Å². The molecule has 0 aromatic heterocycles. The molecular formula is C12H12F4O4. The Kier molecular flexibility index (Phi) is 4.93. The minimum atomic E-state index is -4.49. The topological polar surface area (TPSA) is 55.8 Å². The molecule has 112 valence electrons. The number of carboxylic acids is 1. The highest BCUT2D eigenvalue weighted by molar-refractivity contribution is 5.90. The van der Waals surface area contributed by atoms with Crippen LogP contribution in [0.2, 0.25) is 0 Å². The van der Waals surface area contributed by atoms with Gasteiger partial charge in [-0.3, -0.25) is 0 Å². The van der Waals surface area contributed by atoms with E-state index in [4.69, 9.17) is 5.11 Å². The first-order chi connectivity index (χ1) is 9.21. The highest BCUT2D eigenvalue weighted by atomic mass is 19.3. The van der Waals surface area contributed by atoms with Gasteiger partial charge in [-0.1, -0.05) is 12.1 Å². The molecule has 8 heteroatoms. The number of carboxylic acid groups (broad SMARTS) is 1. The molecule has 0 aliphatic heterocycles. The lowest BCUT2D eigenvalue weighted by atomic mass is 10.2. The van der Waals surface area contributed by atoms with Crippen LogP contribution in [0.1, 0.15) is 10.4 Å². The minimum absolute atomic E-state index is 0.390. The van der Waals surface area contributed by atoms with Gasteiger partial charge in [-0.2, -0.15) is 17.6 Å². The van der Waals surface area contributed by atoms with Crippen molar-refractivity contribution in [2.45, 2.75) is 11.8 Å². The van der Waals surface area contributed by atoms with Crippen molar-refractivity contribution in [3.8, 4) is 5.75 Å². The van der Waals surface area contributed by atoms with Gasteiger partial charge in [0.2, 0.25) is 0 Å². The summed E-state index contributed by atoms with van der Waals surface area (Å²) in [6.07, 6.45) is 0. The van der Waals surface area contributed by atoms with Crippen LogP contribution in [-0.2, 0) is 4.74 Å². The molecule has 0 spiro atoms. The largest absolute Gasteiger partial charge is 0.486 e. The van der Waals surface area contributed by atoms with Crippen LogP contribution >= 0.6 is 0 Å². The lowest BCUT2D eigenvalue weighted by Crippen LogP contribution is -2.48. The number of alkyl halides is 4. The first-order valence-corrected chi connectivity index (χ1v) is 5.41. The highest BCUT2D eigenvalue weighted by Crippen LogP contribution is 2.35. The Morgan fingerprint density at radius 2 is 1.70 bits per heavy atom. The molecule has 0 fully saturated rings. The summed E-state index contributed by atoms with van der Waals surface area (Å²) < 4.78 is 61.4. The van der Waals surface area contributed by atoms with E-state index in [2.05, 4.69) is 9.47 Å². The first-order valence-electron chi connectivity index (χ1n) is 5.41. The maximum atomic E-state index is 13.3. The maximum absolute atomic E-state index is 13.3. The van der Waals surface area contributed by atoms with E-state index in [0.29, 0.717) is 0 Å². The number of carbonyl (C=O) groups is 1. The molecule has 0 saturated heterocycles. The summed E-state index contributed by atoms with van der Waals surface area (Å²) >= 11 is 0. The van der Waals surface area contributed by atoms with Crippen molar-refractivity contribution in [3.05, 3.63) is 29.8 Å². The van der Waals surface area contributed by atoms with Crippen molar-refractivity contribution in [1.82, 2.24) is 0 Å². The van der Waals surface area contributed by atoms with Gasteiger partial charge in [-0.15, -0.1) is 0 Å². The number of para-hydroxylation sites is 1. The number of rotatable bonds is 7. The van der Waals surface area contributed by atoms with Crippen molar-refractivity contribution in [2.75, 3.05) is 20.3 Å². The van der Waals surface area contributed by atoms with E-state index in [1.165, 1.54) is 12.1 Å². The van der Waals surface area contributed by atoms with Gasteiger partial charge in [0.05, 0.1) is 0 Å². The average molecular weight is 296 g/mol. The van der Waals surface area contributed by atoms with Crippen molar-refractivity contribution in [3.63, 3.8) is 0 Å². The van der Waals surface area contributed by atoms with Gasteiger partial charge in [0.15, 0.2) is 6.61 Å². The van der Waals surface area contributed by atoms with Crippen LogP contribution in [0.5, 0.6) is 5.75 Å². The number of aromatic carboxylic acids is 1. The van der Waals surface area contributed by atoms with E-state index in [9.17, 15) is 22.4 Å². The molecule has 0 atom stereocenters. The molecule has 1 N–H and O–H groups in total. The zero-order chi connectivity index (χ0) is 15.4. The third-order valence-corrected chi connectivity index (χ3v) is 2.39. The summed E-state index contributed by atoms with van der Waals surface area (Å²) in [6, 6.07) is 4.91. The molecule has 0 heterocycles. The molecule has 4 nitrogen and oxygen atoms in total. The fraction of sp³-hybridized carbons (Fsp3) is 0.417. The molecule has 1 aromatic carbocycles. The van der Waals surface area contributed by atoms with Gasteiger partial charge in [0.25, 0.3) is 0 Å². The Balaban J connectivity index is 2.84. The molecule has 20 heavy (non-hydrogen) atoms. The van der Waals surface area contributed by atoms with Crippen molar-refractivity contribution < 1.29 is 36.9 Å². The molecule has 0 aliphatic carbocycles. The average Bonchev–Trinajstić information content (AvgIpc) is 2.36. The Labute approximate surface area is 111 Å². The number of hydrogen-bond donors (Lipinski definition) is 1. The monoisotopic (exact) mass is 296 g/mol. The standard InChI is InChI=1S/C12H12F4O4/c1-19-6-11(13,14)12(15,16)7-20-9-5-3-2-4-8(9)10(17)18/h2-5H,6-7H2,1H3,(H,17,18). The Morgan fingerprint density at radius 3 is 2.25 bits per heavy atom. The highest BCUT2D eigenvalue weighted by Gasteiger charge is 2.57. The summed E-state index contributed by atoms with van der Waals surface area (Å²) in [5.74, 6) is -10.7. The predicted octanol–water partition coefficient (Wildman–Crippen LogP) is 2.68. The predicted molar refractivity (Wildman–Crippen MR) is 60.7 cm³/mol. The lowest BCUT2D eigenvalue weighted by Gasteiger charge is -2.26. The van der Waals surface area contributed by atoms with Gasteiger partial charge >= 0.3 is 17.8 Å². The molecule has 0 radical (unpaired) electrons. The summed E-state index contributed by atoms with van der Waals surface area (Å²) in [5.41, 5.74) is -0.390. The van der Waals surface area contributed by atoms with Crippen LogP contribution < -0.4 is 4.74 Å². The van der Waals surface area contributed by atoms with Crippen LogP contribution in [0, 0.1) is 0 Å². The van der Waals surface area contributed by atoms with Gasteiger partial charge in [-0.05, 0) is 12.1 Å². The summed E-state index contributed by atoms with van der Waals surface area (Å²) in [6.45, 7) is -3.13. The number of hydrogen-bond acceptors (Lipinski definition) is 3. The van der Waals surface area contributed by atoms with Crippen LogP contribution in [0.3, 0.4) is 0 Å². The first kappa shape index (κ1) is 16.2. The Bertz CT molecular complexity index is 476. The maximum Gasteiger partial charge on any atom is 0.345 e. The Hall–Kier alpha value is -1.83. The quantitative estimate of drug-likeness (QED) is 0.786. The SMILES string of the molecule is COCC(F)(F)C(F)(F)COc1ccccc1C(=O)O. The zero-order valence-electron chi connectivity index (χ0n) is 10.4. The molecule has 0 aliphatic rings. The Morgan fingerprint density at radius 1 is 1.15 bits per heavy atom. The van der Waals surface area contributed by atoms with E-state index in [0.717, 1.165) is 19.2 Å². The van der Waals surface area contributed by atoms with Crippen molar-refractivity contribution >= 4 is 5.97 Å². The third-order valence-electron chi connectivity index (χ3n) is 2.39. The van der Waals surface area contributed by atoms with Gasteiger partial charge in [-0.25, -0.2) is 4.79 Å². The lowest BCUT2D eigenvalue weighted by molar-refractivity contribution is -0.239. The van der Waals surface area contributed by atoms with Crippen LogP contribution in [-0.4, -0.2) is 43.2 Å². The third kappa shape index (κ3) is 3.60. The normalized spacial score (nSPS) is 12.2. The zero-order valence-corrected chi connectivity index (χ0v) is 10.4. The number of halogens is 4. The molecular weight excluding hydrogens is 284 g/mol. The van der Waals surface area contributed by atoms with E-state index >= 15 is 0 Å². The fourth-order valence-corrected chi connectivity index (χ4v) is 1.33. The number of methoxy groups -OCH3 is 1. The molecule has 1 aromatic rings. The van der Waals surface area contributed by atoms with Crippen molar-refractivity contribution in [2.24, 2.45) is 0 Å². The molecule has 0 saturated carbocycles. The number of ether oxygens (including phenoxy) is 2. The second kappa shape index (κ2) is 6.08. The molecule has 1 rings (SSSR count). The van der Waals surface area contributed by atoms with E-state index < -0.39 is 42.3 Å².